The largest absolute Gasteiger partial charge is 0.485 e. The molecule has 0 aromatic heterocycles. The first kappa shape index (κ1) is 27.5. The molecule has 198 valence electrons. The van der Waals surface area contributed by atoms with Crippen LogP contribution in [0.5, 0.6) is 11.5 Å². The summed E-state index contributed by atoms with van der Waals surface area (Å²) in [7, 11) is 0. The van der Waals surface area contributed by atoms with Gasteiger partial charge in [-0.1, -0.05) is 42.5 Å². The number of para-hydroxylation sites is 1. The van der Waals surface area contributed by atoms with E-state index in [1.165, 1.54) is 6.92 Å². The lowest BCUT2D eigenvalue weighted by Crippen LogP contribution is -2.32. The molecular weight excluding hydrogens is 498 g/mol. The molecular formula is C31H33NO5S. The molecule has 2 unspecified atom stereocenters. The number of carbonyl (C=O) groups is 3. The predicted octanol–water partition coefficient (Wildman–Crippen LogP) is 6.17. The van der Waals surface area contributed by atoms with Crippen molar-refractivity contribution in [3.8, 4) is 11.5 Å². The van der Waals surface area contributed by atoms with Crippen molar-refractivity contribution in [2.75, 3.05) is 26.0 Å². The maximum Gasteiger partial charge on any atom is 0.415 e. The lowest BCUT2D eigenvalue weighted by molar-refractivity contribution is -0.118. The Morgan fingerprint density at radius 3 is 2.21 bits per heavy atom. The number of thioether (sulfide) groups is 1. The minimum atomic E-state index is -0.449. The van der Waals surface area contributed by atoms with Crippen LogP contribution in [-0.2, 0) is 11.2 Å². The summed E-state index contributed by atoms with van der Waals surface area (Å²) in [6, 6.07) is 20.7. The average molecular weight is 532 g/mol. The Hall–Kier alpha value is -3.58. The fourth-order valence-corrected chi connectivity index (χ4v) is 5.42. The summed E-state index contributed by atoms with van der Waals surface area (Å²) < 4.78 is 11.3. The third-order valence-electron chi connectivity index (χ3n) is 6.80. The van der Waals surface area contributed by atoms with E-state index >= 15 is 0 Å². The zero-order chi connectivity index (χ0) is 27.2. The maximum atomic E-state index is 13.7. The van der Waals surface area contributed by atoms with E-state index in [4.69, 9.17) is 9.47 Å². The maximum absolute atomic E-state index is 13.7. The van der Waals surface area contributed by atoms with E-state index in [0.717, 1.165) is 21.6 Å². The monoisotopic (exact) mass is 531 g/mol. The van der Waals surface area contributed by atoms with Crippen molar-refractivity contribution < 1.29 is 23.9 Å². The number of nitrogens with zero attached hydrogens (tertiary/aromatic N) is 1. The molecule has 0 N–H and O–H groups in total. The van der Waals surface area contributed by atoms with Gasteiger partial charge in [0, 0.05) is 29.5 Å². The van der Waals surface area contributed by atoms with Crippen LogP contribution in [-0.4, -0.2) is 48.5 Å². The molecule has 2 atom stereocenters. The summed E-state index contributed by atoms with van der Waals surface area (Å²) in [5.74, 6) is 0.760. The lowest BCUT2D eigenvalue weighted by atomic mass is 9.84. The van der Waals surface area contributed by atoms with Crippen molar-refractivity contribution in [3.63, 3.8) is 0 Å². The standard InChI is InChI=1S/C31H33NO5S/c1-20-14-23(15-21(2)30(20)36-19-22(3)33)16-25-17-32(31(35)37-26-8-6-5-7-9-26)18-28(25)29(34)24-10-12-27(38-4)13-11-24/h5-15,25,28H,16-19H2,1-4H3. The molecule has 1 aliphatic rings. The van der Waals surface area contributed by atoms with Gasteiger partial charge in [0.05, 0.1) is 0 Å². The van der Waals surface area contributed by atoms with Crippen molar-refractivity contribution >= 4 is 29.4 Å². The van der Waals surface area contributed by atoms with E-state index in [2.05, 4.69) is 0 Å². The molecule has 0 spiro atoms. The highest BCUT2D eigenvalue weighted by atomic mass is 32.2. The summed E-state index contributed by atoms with van der Waals surface area (Å²) in [6.07, 6.45) is 2.18. The van der Waals surface area contributed by atoms with E-state index in [1.807, 2.05) is 74.7 Å². The van der Waals surface area contributed by atoms with Gasteiger partial charge >= 0.3 is 6.09 Å². The van der Waals surface area contributed by atoms with E-state index in [1.54, 1.807) is 28.8 Å². The van der Waals surface area contributed by atoms with E-state index in [9.17, 15) is 14.4 Å². The molecule has 6 nitrogen and oxygen atoms in total. The normalized spacial score (nSPS) is 16.8. The summed E-state index contributed by atoms with van der Waals surface area (Å²) >= 11 is 1.63. The summed E-state index contributed by atoms with van der Waals surface area (Å²) in [5, 5.41) is 0. The molecule has 1 fully saturated rings. The molecule has 1 amide bonds. The molecule has 38 heavy (non-hydrogen) atoms. The van der Waals surface area contributed by atoms with Crippen LogP contribution in [0, 0.1) is 25.7 Å². The third kappa shape index (κ3) is 6.64. The van der Waals surface area contributed by atoms with Crippen LogP contribution in [0.3, 0.4) is 0 Å². The van der Waals surface area contributed by atoms with Gasteiger partial charge in [0.1, 0.15) is 18.1 Å². The first-order chi connectivity index (χ1) is 18.2. The molecule has 0 saturated carbocycles. The number of ether oxygens (including phenoxy) is 2. The molecule has 0 aliphatic carbocycles. The number of likely N-dealkylation sites (tertiary alicyclic amines) is 1. The number of aryl methyl sites for hydroxylation is 2. The van der Waals surface area contributed by atoms with Crippen LogP contribution in [0.25, 0.3) is 0 Å². The quantitative estimate of drug-likeness (QED) is 0.243. The molecule has 0 bridgehead atoms. The van der Waals surface area contributed by atoms with Gasteiger partial charge in [0.2, 0.25) is 0 Å². The molecule has 1 heterocycles. The summed E-state index contributed by atoms with van der Waals surface area (Å²) in [4.78, 5) is 40.8. The Balaban J connectivity index is 1.57. The SMILES string of the molecule is CSc1ccc(C(=O)C2CN(C(=O)Oc3ccccc3)CC2Cc2cc(C)c(OCC(C)=O)c(C)c2)cc1. The van der Waals surface area contributed by atoms with Crippen LogP contribution < -0.4 is 9.47 Å². The second-order valence-corrected chi connectivity index (χ2v) is 10.7. The first-order valence-corrected chi connectivity index (χ1v) is 13.9. The summed E-state index contributed by atoms with van der Waals surface area (Å²) in [6.45, 7) is 6.18. The second kappa shape index (κ2) is 12.3. The van der Waals surface area contributed by atoms with Crippen molar-refractivity contribution in [1.82, 2.24) is 4.90 Å². The van der Waals surface area contributed by atoms with Gasteiger partial charge in [-0.05, 0) is 80.3 Å². The number of ketones is 2. The van der Waals surface area contributed by atoms with Crippen molar-refractivity contribution in [1.29, 1.82) is 0 Å². The van der Waals surface area contributed by atoms with E-state index < -0.39 is 6.09 Å². The molecule has 0 radical (unpaired) electrons. The van der Waals surface area contributed by atoms with Gasteiger partial charge in [-0.25, -0.2) is 4.79 Å². The molecule has 3 aromatic carbocycles. The van der Waals surface area contributed by atoms with Gasteiger partial charge in [-0.15, -0.1) is 11.8 Å². The Morgan fingerprint density at radius 1 is 0.947 bits per heavy atom. The average Bonchev–Trinajstić information content (AvgIpc) is 3.32. The number of carbonyl (C=O) groups excluding carboxylic acids is 3. The predicted molar refractivity (Wildman–Crippen MR) is 149 cm³/mol. The van der Waals surface area contributed by atoms with Crippen LogP contribution in [0.4, 0.5) is 4.79 Å². The first-order valence-electron chi connectivity index (χ1n) is 12.7. The van der Waals surface area contributed by atoms with Gasteiger partial charge in [-0.3, -0.25) is 9.59 Å². The second-order valence-electron chi connectivity index (χ2n) is 9.80. The number of amides is 1. The third-order valence-corrected chi connectivity index (χ3v) is 7.54. The highest BCUT2D eigenvalue weighted by Gasteiger charge is 2.40. The Labute approximate surface area is 228 Å². The minimum Gasteiger partial charge on any atom is -0.485 e. The van der Waals surface area contributed by atoms with E-state index in [-0.39, 0.29) is 30.0 Å². The van der Waals surface area contributed by atoms with Crippen LogP contribution in [0.15, 0.2) is 71.6 Å². The molecule has 7 heteroatoms. The number of hydrogen-bond donors (Lipinski definition) is 0. The fourth-order valence-electron chi connectivity index (χ4n) is 5.01. The highest BCUT2D eigenvalue weighted by molar-refractivity contribution is 7.98. The molecule has 4 rings (SSSR count). The zero-order valence-corrected chi connectivity index (χ0v) is 23.0. The molecule has 1 aliphatic heterocycles. The van der Waals surface area contributed by atoms with Gasteiger partial charge in [-0.2, -0.15) is 0 Å². The van der Waals surface area contributed by atoms with Gasteiger partial charge < -0.3 is 14.4 Å². The van der Waals surface area contributed by atoms with Crippen molar-refractivity contribution in [2.24, 2.45) is 11.8 Å². The van der Waals surface area contributed by atoms with Crippen molar-refractivity contribution in [3.05, 3.63) is 89.0 Å². The number of benzene rings is 3. The van der Waals surface area contributed by atoms with E-state index in [0.29, 0.717) is 36.6 Å². The molecule has 3 aromatic rings. The van der Waals surface area contributed by atoms with Gasteiger partial charge in [0.25, 0.3) is 0 Å². The highest BCUT2D eigenvalue weighted by Crippen LogP contribution is 2.33. The number of rotatable bonds is 9. The zero-order valence-electron chi connectivity index (χ0n) is 22.2. The number of hydrogen-bond acceptors (Lipinski definition) is 6. The number of Topliss-reactive ketones (excluding diaryl/α,β-unsaturated/α-hetero) is 2. The van der Waals surface area contributed by atoms with Gasteiger partial charge in [0.15, 0.2) is 11.6 Å². The molecule has 1 saturated heterocycles. The Morgan fingerprint density at radius 2 is 1.61 bits per heavy atom. The minimum absolute atomic E-state index is 0.0340. The topological polar surface area (TPSA) is 72.9 Å². The van der Waals surface area contributed by atoms with Crippen molar-refractivity contribution in [2.45, 2.75) is 32.1 Å². The Bertz CT molecular complexity index is 1280. The smallest absolute Gasteiger partial charge is 0.415 e. The van der Waals surface area contributed by atoms with Crippen LogP contribution in [0.2, 0.25) is 0 Å². The van der Waals surface area contributed by atoms with Crippen LogP contribution >= 0.6 is 11.8 Å². The lowest BCUT2D eigenvalue weighted by Gasteiger charge is -2.19. The summed E-state index contributed by atoms with van der Waals surface area (Å²) in [5.41, 5.74) is 3.59. The van der Waals surface area contributed by atoms with Crippen LogP contribution in [0.1, 0.15) is 34.0 Å². The fraction of sp³-hybridized carbons (Fsp3) is 0.323. The Kier molecular flexibility index (Phi) is 8.89.